The van der Waals surface area contributed by atoms with Crippen molar-refractivity contribution in [3.63, 3.8) is 0 Å². The van der Waals surface area contributed by atoms with E-state index in [4.69, 9.17) is 5.26 Å². The van der Waals surface area contributed by atoms with Crippen LogP contribution in [0.5, 0.6) is 0 Å². The Morgan fingerprint density at radius 3 is 2.58 bits per heavy atom. The standard InChI is InChI=1S/C5H5N3.C2H4S2/c6-1-3-8-4-2-7-5-8;1-2(3)4/h2,4-5H,3H2;3-4H,1H2. The number of aromatic nitrogens is 2. The molecule has 12 heavy (non-hydrogen) atoms. The lowest BCUT2D eigenvalue weighted by Gasteiger charge is -1.85. The first-order valence-electron chi connectivity index (χ1n) is 3.06. The minimum atomic E-state index is 0.389. The molecule has 1 aromatic rings. The molecular weight excluding hydrogens is 190 g/mol. The molecule has 0 aliphatic rings. The van der Waals surface area contributed by atoms with Gasteiger partial charge in [0, 0.05) is 16.6 Å². The van der Waals surface area contributed by atoms with Crippen LogP contribution in [0.3, 0.4) is 0 Å². The Bertz CT molecular complexity index is 257. The highest BCUT2D eigenvalue weighted by Crippen LogP contribution is 1.96. The van der Waals surface area contributed by atoms with Crippen LogP contribution in [-0.4, -0.2) is 9.55 Å². The van der Waals surface area contributed by atoms with Crippen molar-refractivity contribution in [3.05, 3.63) is 29.5 Å². The predicted octanol–water partition coefficient (Wildman–Crippen LogP) is 1.72. The van der Waals surface area contributed by atoms with Crippen LogP contribution in [0.25, 0.3) is 0 Å². The Hall–Kier alpha value is -0.860. The first kappa shape index (κ1) is 11.1. The largest absolute Gasteiger partial charge is 0.324 e. The summed E-state index contributed by atoms with van der Waals surface area (Å²) < 4.78 is 2.26. The fraction of sp³-hybridized carbons (Fsp3) is 0.143. The second-order valence-electron chi connectivity index (χ2n) is 1.81. The number of imidazole rings is 1. The van der Waals surface area contributed by atoms with Gasteiger partial charge >= 0.3 is 0 Å². The Morgan fingerprint density at radius 1 is 1.67 bits per heavy atom. The average Bonchev–Trinajstić information content (AvgIpc) is 2.39. The summed E-state index contributed by atoms with van der Waals surface area (Å²) in [5, 5.41) is 8.14. The molecule has 0 unspecified atom stereocenters. The Kier molecular flexibility index (Phi) is 6.34. The van der Waals surface area contributed by atoms with Gasteiger partial charge in [-0.3, -0.25) is 0 Å². The van der Waals surface area contributed by atoms with E-state index in [9.17, 15) is 0 Å². The molecule has 0 bridgehead atoms. The van der Waals surface area contributed by atoms with Crippen molar-refractivity contribution in [3.8, 4) is 6.07 Å². The number of rotatable bonds is 1. The first-order valence-corrected chi connectivity index (χ1v) is 3.95. The van der Waals surface area contributed by atoms with E-state index >= 15 is 0 Å². The lowest BCUT2D eigenvalue weighted by Crippen LogP contribution is -1.88. The monoisotopic (exact) mass is 199 g/mol. The molecule has 0 spiro atoms. The van der Waals surface area contributed by atoms with Crippen molar-refractivity contribution in [2.75, 3.05) is 0 Å². The van der Waals surface area contributed by atoms with E-state index in [0.29, 0.717) is 10.8 Å². The van der Waals surface area contributed by atoms with Crippen molar-refractivity contribution < 1.29 is 0 Å². The molecule has 5 heteroatoms. The zero-order valence-corrected chi connectivity index (χ0v) is 8.17. The van der Waals surface area contributed by atoms with Gasteiger partial charge in [0.2, 0.25) is 0 Å². The van der Waals surface area contributed by atoms with Crippen LogP contribution in [-0.2, 0) is 6.54 Å². The topological polar surface area (TPSA) is 41.6 Å². The number of hydrogen-bond donors (Lipinski definition) is 2. The summed E-state index contributed by atoms with van der Waals surface area (Å²) >= 11 is 7.27. The molecule has 0 N–H and O–H groups in total. The molecule has 0 amide bonds. The summed E-state index contributed by atoms with van der Waals surface area (Å²) in [5.74, 6) is 0. The maximum Gasteiger partial charge on any atom is 0.111 e. The highest BCUT2D eigenvalue weighted by Gasteiger charge is 1.81. The zero-order valence-electron chi connectivity index (χ0n) is 6.38. The van der Waals surface area contributed by atoms with Crippen LogP contribution < -0.4 is 0 Å². The second-order valence-corrected chi connectivity index (χ2v) is 3.24. The van der Waals surface area contributed by atoms with E-state index < -0.39 is 0 Å². The van der Waals surface area contributed by atoms with Gasteiger partial charge in [-0.25, -0.2) is 4.98 Å². The van der Waals surface area contributed by atoms with Crippen LogP contribution in [0.4, 0.5) is 0 Å². The molecule has 0 atom stereocenters. The van der Waals surface area contributed by atoms with Crippen LogP contribution in [0.1, 0.15) is 0 Å². The maximum absolute atomic E-state index is 8.14. The molecule has 1 heterocycles. The number of thiol groups is 2. The van der Waals surface area contributed by atoms with Crippen LogP contribution in [0, 0.1) is 11.3 Å². The lowest BCUT2D eigenvalue weighted by atomic mass is 10.7. The van der Waals surface area contributed by atoms with Gasteiger partial charge in [-0.15, -0.1) is 25.3 Å². The molecule has 0 aromatic carbocycles. The van der Waals surface area contributed by atoms with Crippen LogP contribution >= 0.6 is 25.3 Å². The molecule has 64 valence electrons. The van der Waals surface area contributed by atoms with Gasteiger partial charge in [-0.1, -0.05) is 6.58 Å². The molecule has 3 nitrogen and oxygen atoms in total. The van der Waals surface area contributed by atoms with E-state index in [0.717, 1.165) is 0 Å². The molecule has 0 aliphatic heterocycles. The fourth-order valence-electron chi connectivity index (χ4n) is 0.462. The van der Waals surface area contributed by atoms with E-state index in [1.165, 1.54) is 0 Å². The van der Waals surface area contributed by atoms with Crippen molar-refractivity contribution >= 4 is 25.3 Å². The number of nitriles is 1. The van der Waals surface area contributed by atoms with Crippen molar-refractivity contribution in [1.29, 1.82) is 5.26 Å². The third-order valence-corrected chi connectivity index (χ3v) is 0.812. The summed E-state index contributed by atoms with van der Waals surface area (Å²) in [6.45, 7) is 3.67. The highest BCUT2D eigenvalue weighted by atomic mass is 32.2. The summed E-state index contributed by atoms with van der Waals surface area (Å²) in [4.78, 5) is 3.75. The summed E-state index contributed by atoms with van der Waals surface area (Å²) in [6, 6.07) is 1.99. The van der Waals surface area contributed by atoms with E-state index in [2.05, 4.69) is 36.8 Å². The maximum atomic E-state index is 8.14. The minimum Gasteiger partial charge on any atom is -0.324 e. The zero-order chi connectivity index (χ0) is 9.40. The quantitative estimate of drug-likeness (QED) is 0.676. The SMILES string of the molecule is C=C(S)S.N#CCn1ccnc1. The van der Waals surface area contributed by atoms with Crippen molar-refractivity contribution in [1.82, 2.24) is 9.55 Å². The third kappa shape index (κ3) is 7.25. The molecule has 0 radical (unpaired) electrons. The molecule has 0 fully saturated rings. The molecule has 1 rings (SSSR count). The van der Waals surface area contributed by atoms with Crippen LogP contribution in [0.2, 0.25) is 0 Å². The van der Waals surface area contributed by atoms with Gasteiger partial charge < -0.3 is 4.57 Å². The van der Waals surface area contributed by atoms with E-state index in [-0.39, 0.29) is 0 Å². The van der Waals surface area contributed by atoms with Gasteiger partial charge in [-0.2, -0.15) is 5.26 Å². The molecule has 1 aromatic heterocycles. The van der Waals surface area contributed by atoms with E-state index in [1.807, 2.05) is 6.07 Å². The Labute approximate surface area is 82.5 Å². The van der Waals surface area contributed by atoms with Gasteiger partial charge in [0.15, 0.2) is 0 Å². The normalized spacial score (nSPS) is 7.75. The number of nitrogens with zero attached hydrogens (tertiary/aromatic N) is 3. The Morgan fingerprint density at radius 2 is 2.25 bits per heavy atom. The van der Waals surface area contributed by atoms with Crippen molar-refractivity contribution in [2.24, 2.45) is 0 Å². The Balaban J connectivity index is 0.000000261. The first-order chi connectivity index (χ1) is 5.66. The molecular formula is C7H9N3S2. The second kappa shape index (κ2) is 6.83. The minimum absolute atomic E-state index is 0.389. The summed E-state index contributed by atoms with van der Waals surface area (Å²) in [5.41, 5.74) is 0. The summed E-state index contributed by atoms with van der Waals surface area (Å²) in [7, 11) is 0. The van der Waals surface area contributed by atoms with Crippen LogP contribution in [0.15, 0.2) is 29.5 Å². The smallest absolute Gasteiger partial charge is 0.111 e. The van der Waals surface area contributed by atoms with Gasteiger partial charge in [0.05, 0.1) is 12.4 Å². The molecule has 0 saturated carbocycles. The molecule has 0 saturated heterocycles. The lowest BCUT2D eigenvalue weighted by molar-refractivity contribution is 0.830. The van der Waals surface area contributed by atoms with Crippen molar-refractivity contribution in [2.45, 2.75) is 6.54 Å². The van der Waals surface area contributed by atoms with E-state index in [1.54, 1.807) is 23.3 Å². The highest BCUT2D eigenvalue weighted by molar-refractivity contribution is 8.04. The average molecular weight is 199 g/mol. The third-order valence-electron chi connectivity index (χ3n) is 0.812. The summed E-state index contributed by atoms with van der Waals surface area (Å²) in [6.07, 6.45) is 5.02. The fourth-order valence-corrected chi connectivity index (χ4v) is 0.462. The predicted molar refractivity (Wildman–Crippen MR) is 55.0 cm³/mol. The van der Waals surface area contributed by atoms with Gasteiger partial charge in [-0.05, 0) is 0 Å². The van der Waals surface area contributed by atoms with Gasteiger partial charge in [0.25, 0.3) is 0 Å². The van der Waals surface area contributed by atoms with Gasteiger partial charge in [0.1, 0.15) is 6.54 Å². The number of hydrogen-bond acceptors (Lipinski definition) is 4. The molecule has 0 aliphatic carbocycles.